The maximum Gasteiger partial charge on any atom is 0.294 e. The number of thioether (sulfide) groups is 1. The Balaban J connectivity index is 1.91. The zero-order valence-corrected chi connectivity index (χ0v) is 15.6. The number of carbonyl (C=O) groups is 1. The number of ether oxygens (including phenoxy) is 1. The van der Waals surface area contributed by atoms with Crippen molar-refractivity contribution in [1.29, 1.82) is 0 Å². The van der Waals surface area contributed by atoms with Crippen molar-refractivity contribution in [3.63, 3.8) is 0 Å². The van der Waals surface area contributed by atoms with Gasteiger partial charge in [-0.05, 0) is 16.5 Å². The molecule has 0 aliphatic rings. The minimum absolute atomic E-state index is 0.105. The highest BCUT2D eigenvalue weighted by Gasteiger charge is 2.14. The summed E-state index contributed by atoms with van der Waals surface area (Å²) in [7, 11) is 3.39. The van der Waals surface area contributed by atoms with Crippen molar-refractivity contribution in [2.45, 2.75) is 37.9 Å². The molecule has 0 radical (unpaired) electrons. The molecule has 2 rings (SSSR count). The first kappa shape index (κ1) is 17.7. The summed E-state index contributed by atoms with van der Waals surface area (Å²) in [6.07, 6.45) is 0. The molecule has 1 aromatic heterocycles. The smallest absolute Gasteiger partial charge is 0.294 e. The molecular weight excluding hydrogens is 330 g/mol. The van der Waals surface area contributed by atoms with Crippen molar-refractivity contribution in [3.05, 3.63) is 35.4 Å². The summed E-state index contributed by atoms with van der Waals surface area (Å²) < 4.78 is 9.77. The number of hydrogen-bond donors (Lipinski definition) is 0. The normalized spacial score (nSPS) is 11.3. The first-order valence-electron chi connectivity index (χ1n) is 7.21. The van der Waals surface area contributed by atoms with Crippen molar-refractivity contribution in [2.24, 2.45) is 0 Å². The van der Waals surface area contributed by atoms with E-state index >= 15 is 0 Å². The molecule has 0 spiro atoms. The van der Waals surface area contributed by atoms with Crippen LogP contribution in [-0.4, -0.2) is 33.6 Å². The van der Waals surface area contributed by atoms with Crippen molar-refractivity contribution >= 4 is 28.5 Å². The molecule has 0 N–H and O–H groups in total. The summed E-state index contributed by atoms with van der Waals surface area (Å²) >= 11 is 2.15. The Labute approximate surface area is 145 Å². The van der Waals surface area contributed by atoms with E-state index in [-0.39, 0.29) is 10.7 Å². The Morgan fingerprint density at radius 3 is 2.48 bits per heavy atom. The molecule has 23 heavy (non-hydrogen) atoms. The lowest BCUT2D eigenvalue weighted by Gasteiger charge is -2.19. The quantitative estimate of drug-likeness (QED) is 0.773. The van der Waals surface area contributed by atoms with Gasteiger partial charge >= 0.3 is 0 Å². The summed E-state index contributed by atoms with van der Waals surface area (Å²) in [5.41, 5.74) is 2.51. The number of nitrogens with zero attached hydrogens (tertiary/aromatic N) is 3. The molecule has 0 saturated heterocycles. The molecule has 5 nitrogen and oxygen atoms in total. The average Bonchev–Trinajstić information content (AvgIpc) is 2.92. The van der Waals surface area contributed by atoms with Crippen molar-refractivity contribution in [3.8, 4) is 5.19 Å². The number of amides is 1. The van der Waals surface area contributed by atoms with Gasteiger partial charge in [0.1, 0.15) is 6.61 Å². The minimum atomic E-state index is -0.105. The molecular formula is C16H21N3O2S2. The molecule has 0 bridgehead atoms. The molecule has 0 fully saturated rings. The van der Waals surface area contributed by atoms with Gasteiger partial charge < -0.3 is 9.64 Å². The second-order valence-electron chi connectivity index (χ2n) is 6.34. The van der Waals surface area contributed by atoms with E-state index in [0.717, 1.165) is 28.9 Å². The highest BCUT2D eigenvalue weighted by atomic mass is 32.2. The lowest BCUT2D eigenvalue weighted by atomic mass is 9.87. The predicted molar refractivity (Wildman–Crippen MR) is 94.3 cm³/mol. The summed E-state index contributed by atoms with van der Waals surface area (Å²) in [4.78, 5) is 17.3. The molecule has 0 aliphatic heterocycles. The molecule has 0 aliphatic carbocycles. The largest absolute Gasteiger partial charge is 0.464 e. The van der Waals surface area contributed by atoms with Crippen LogP contribution in [0.3, 0.4) is 0 Å². The van der Waals surface area contributed by atoms with Crippen LogP contribution in [0.2, 0.25) is 0 Å². The third-order valence-corrected chi connectivity index (χ3v) is 4.76. The fraction of sp³-hybridized carbons (Fsp3) is 0.438. The van der Waals surface area contributed by atoms with Crippen LogP contribution in [0, 0.1) is 0 Å². The second kappa shape index (κ2) is 7.31. The van der Waals surface area contributed by atoms with Gasteiger partial charge in [0, 0.05) is 37.4 Å². The molecule has 0 unspecified atom stereocenters. The van der Waals surface area contributed by atoms with Crippen LogP contribution in [0.25, 0.3) is 0 Å². The van der Waals surface area contributed by atoms with Gasteiger partial charge in [-0.1, -0.05) is 45.0 Å². The van der Waals surface area contributed by atoms with Gasteiger partial charge in [-0.25, -0.2) is 0 Å². The van der Waals surface area contributed by atoms with Gasteiger partial charge in [-0.15, -0.1) is 0 Å². The van der Waals surface area contributed by atoms with Crippen LogP contribution in [0.5, 0.6) is 5.19 Å². The van der Waals surface area contributed by atoms with Crippen LogP contribution >= 0.6 is 23.3 Å². The maximum absolute atomic E-state index is 11.6. The third kappa shape index (κ3) is 5.21. The molecule has 1 heterocycles. The third-order valence-electron chi connectivity index (χ3n) is 3.11. The van der Waals surface area contributed by atoms with Gasteiger partial charge in [-0.3, -0.25) is 4.79 Å². The Hall–Kier alpha value is -1.60. The highest BCUT2D eigenvalue weighted by Crippen LogP contribution is 2.25. The number of hydrogen-bond acceptors (Lipinski definition) is 6. The molecule has 2 aromatic rings. The van der Waals surface area contributed by atoms with E-state index in [1.165, 1.54) is 10.5 Å². The number of rotatable bonds is 4. The second-order valence-corrected chi connectivity index (χ2v) is 7.97. The summed E-state index contributed by atoms with van der Waals surface area (Å²) in [5, 5.41) is 0.790. The first-order chi connectivity index (χ1) is 10.8. The SMILES string of the molecule is CN(C)C(=O)Sc1nsc(OCc2ccc(C(C)(C)C)cc2)n1. The predicted octanol–water partition coefficient (Wildman–Crippen LogP) is 4.19. The van der Waals surface area contributed by atoms with Crippen LogP contribution in [0.15, 0.2) is 29.4 Å². The first-order valence-corrected chi connectivity index (χ1v) is 8.80. The molecule has 0 saturated carbocycles. The lowest BCUT2D eigenvalue weighted by Crippen LogP contribution is -2.16. The van der Waals surface area contributed by atoms with Crippen molar-refractivity contribution in [1.82, 2.24) is 14.3 Å². The summed E-state index contributed by atoms with van der Waals surface area (Å²) in [5.74, 6) is 0. The highest BCUT2D eigenvalue weighted by molar-refractivity contribution is 8.13. The fourth-order valence-electron chi connectivity index (χ4n) is 1.71. The van der Waals surface area contributed by atoms with E-state index < -0.39 is 0 Å². The molecule has 1 aromatic carbocycles. The van der Waals surface area contributed by atoms with Crippen molar-refractivity contribution in [2.75, 3.05) is 14.1 Å². The van der Waals surface area contributed by atoms with Gasteiger partial charge in [0.15, 0.2) is 0 Å². The maximum atomic E-state index is 11.6. The van der Waals surface area contributed by atoms with E-state index in [1.807, 2.05) is 0 Å². The minimum Gasteiger partial charge on any atom is -0.464 e. The molecule has 124 valence electrons. The van der Waals surface area contributed by atoms with E-state index in [9.17, 15) is 4.79 Å². The van der Waals surface area contributed by atoms with E-state index in [2.05, 4.69) is 54.4 Å². The Morgan fingerprint density at radius 2 is 1.91 bits per heavy atom. The average molecular weight is 351 g/mol. The Bertz CT molecular complexity index is 661. The number of benzene rings is 1. The van der Waals surface area contributed by atoms with E-state index in [1.54, 1.807) is 14.1 Å². The van der Waals surface area contributed by atoms with Gasteiger partial charge in [0.05, 0.1) is 0 Å². The Kier molecular flexibility index (Phi) is 5.64. The summed E-state index contributed by atoms with van der Waals surface area (Å²) in [6.45, 7) is 7.00. The zero-order valence-electron chi connectivity index (χ0n) is 14.0. The van der Waals surface area contributed by atoms with Gasteiger partial charge in [0.2, 0.25) is 5.16 Å². The summed E-state index contributed by atoms with van der Waals surface area (Å²) in [6, 6.07) is 8.37. The van der Waals surface area contributed by atoms with Crippen molar-refractivity contribution < 1.29 is 9.53 Å². The van der Waals surface area contributed by atoms with Crippen LogP contribution in [0.4, 0.5) is 4.79 Å². The van der Waals surface area contributed by atoms with Crippen LogP contribution < -0.4 is 4.74 Å². The monoisotopic (exact) mass is 351 g/mol. The molecule has 0 atom stereocenters. The van der Waals surface area contributed by atoms with Gasteiger partial charge in [-0.2, -0.15) is 9.36 Å². The topological polar surface area (TPSA) is 55.3 Å². The van der Waals surface area contributed by atoms with Crippen LogP contribution in [-0.2, 0) is 12.0 Å². The molecule has 1 amide bonds. The standard InChI is InChI=1S/C16H21N3O2S2/c1-16(2,3)12-8-6-11(7-9-12)10-21-14-17-13(18-23-14)22-15(20)19(4)5/h6-9H,10H2,1-5H3. The van der Waals surface area contributed by atoms with Crippen LogP contribution in [0.1, 0.15) is 31.9 Å². The number of carbonyl (C=O) groups excluding carboxylic acids is 1. The number of aromatic nitrogens is 2. The lowest BCUT2D eigenvalue weighted by molar-refractivity contribution is 0.241. The fourth-order valence-corrected chi connectivity index (χ4v) is 2.93. The van der Waals surface area contributed by atoms with Gasteiger partial charge in [0.25, 0.3) is 10.4 Å². The Morgan fingerprint density at radius 1 is 1.26 bits per heavy atom. The zero-order chi connectivity index (χ0) is 17.0. The van der Waals surface area contributed by atoms with E-state index in [0.29, 0.717) is 17.0 Å². The molecule has 7 heteroatoms. The van der Waals surface area contributed by atoms with E-state index in [4.69, 9.17) is 4.74 Å².